The molecule has 180 valence electrons. The molecule has 5 nitrogen and oxygen atoms in total. The van der Waals surface area contributed by atoms with Crippen LogP contribution >= 0.6 is 27.7 Å². The maximum Gasteiger partial charge on any atom is 0.293 e. The van der Waals surface area contributed by atoms with E-state index in [1.165, 1.54) is 4.90 Å². The Morgan fingerprint density at radius 3 is 2.50 bits per heavy atom. The lowest BCUT2D eigenvalue weighted by Crippen LogP contribution is -2.27. The Kier molecular flexibility index (Phi) is 7.11. The predicted octanol–water partition coefficient (Wildman–Crippen LogP) is 7.43. The summed E-state index contributed by atoms with van der Waals surface area (Å²) in [5.41, 5.74) is 2.69. The number of rotatable bonds is 7. The van der Waals surface area contributed by atoms with Crippen LogP contribution < -0.4 is 9.47 Å². The predicted molar refractivity (Wildman–Crippen MR) is 147 cm³/mol. The van der Waals surface area contributed by atoms with E-state index in [9.17, 15) is 9.59 Å². The van der Waals surface area contributed by atoms with Crippen molar-refractivity contribution in [2.24, 2.45) is 0 Å². The highest BCUT2D eigenvalue weighted by molar-refractivity contribution is 9.10. The number of carbonyl (C=O) groups excluding carboxylic acids is 2. The first kappa shape index (κ1) is 24.2. The van der Waals surface area contributed by atoms with Crippen molar-refractivity contribution in [1.29, 1.82) is 0 Å². The second kappa shape index (κ2) is 10.6. The first-order chi connectivity index (χ1) is 17.5. The zero-order valence-electron chi connectivity index (χ0n) is 19.4. The highest BCUT2D eigenvalue weighted by atomic mass is 79.9. The number of imide groups is 1. The third-order valence-corrected chi connectivity index (χ3v) is 7.35. The monoisotopic (exact) mass is 559 g/mol. The van der Waals surface area contributed by atoms with Crippen LogP contribution in [-0.2, 0) is 17.9 Å². The molecule has 0 N–H and O–H groups in total. The number of halogens is 1. The zero-order valence-corrected chi connectivity index (χ0v) is 21.8. The summed E-state index contributed by atoms with van der Waals surface area (Å²) in [5, 5.41) is 1.82. The normalized spacial score (nSPS) is 14.6. The summed E-state index contributed by atoms with van der Waals surface area (Å²) in [4.78, 5) is 27.6. The maximum atomic E-state index is 13.2. The standard InChI is InChI=1S/C29H22BrNO4S/c1-34-25-15-20(14-24(30)27(25)35-18-19-8-3-2-4-9-19)16-26-28(32)31(29(33)36-26)17-22-12-7-11-21-10-5-6-13-23(21)22/h2-16H,17-18H2,1H3/b26-16+. The quantitative estimate of drug-likeness (QED) is 0.220. The molecule has 1 heterocycles. The number of hydrogen-bond donors (Lipinski definition) is 0. The van der Waals surface area contributed by atoms with Gasteiger partial charge in [-0.05, 0) is 73.4 Å². The van der Waals surface area contributed by atoms with Gasteiger partial charge in [-0.15, -0.1) is 0 Å². The Labute approximate surface area is 221 Å². The van der Waals surface area contributed by atoms with Gasteiger partial charge in [0.25, 0.3) is 11.1 Å². The topological polar surface area (TPSA) is 55.8 Å². The highest BCUT2D eigenvalue weighted by Crippen LogP contribution is 2.40. The van der Waals surface area contributed by atoms with Gasteiger partial charge < -0.3 is 9.47 Å². The van der Waals surface area contributed by atoms with Crippen LogP contribution in [0.4, 0.5) is 4.79 Å². The Morgan fingerprint density at radius 2 is 1.69 bits per heavy atom. The molecule has 0 radical (unpaired) electrons. The van der Waals surface area contributed by atoms with E-state index in [2.05, 4.69) is 15.9 Å². The molecule has 4 aromatic carbocycles. The summed E-state index contributed by atoms with van der Waals surface area (Å²) in [6.45, 7) is 0.616. The largest absolute Gasteiger partial charge is 0.493 e. The fraction of sp³-hybridized carbons (Fsp3) is 0.103. The Morgan fingerprint density at radius 1 is 0.944 bits per heavy atom. The highest BCUT2D eigenvalue weighted by Gasteiger charge is 2.35. The molecule has 1 aliphatic rings. The number of benzene rings is 4. The molecule has 0 atom stereocenters. The van der Waals surface area contributed by atoms with E-state index >= 15 is 0 Å². The molecule has 0 aliphatic carbocycles. The van der Waals surface area contributed by atoms with E-state index < -0.39 is 0 Å². The molecule has 7 heteroatoms. The summed E-state index contributed by atoms with van der Waals surface area (Å²) in [5.74, 6) is 0.793. The lowest BCUT2D eigenvalue weighted by molar-refractivity contribution is -0.123. The Bertz CT molecular complexity index is 1480. The van der Waals surface area contributed by atoms with Crippen LogP contribution in [0.5, 0.6) is 11.5 Å². The third-order valence-electron chi connectivity index (χ3n) is 5.86. The molecule has 0 saturated carbocycles. The zero-order chi connectivity index (χ0) is 25.1. The molecule has 1 saturated heterocycles. The van der Waals surface area contributed by atoms with Crippen LogP contribution in [0.25, 0.3) is 16.8 Å². The van der Waals surface area contributed by atoms with Gasteiger partial charge in [0.15, 0.2) is 11.5 Å². The minimum atomic E-state index is -0.308. The van der Waals surface area contributed by atoms with Gasteiger partial charge in [-0.1, -0.05) is 72.8 Å². The first-order valence-electron chi connectivity index (χ1n) is 11.3. The van der Waals surface area contributed by atoms with E-state index in [1.54, 1.807) is 19.3 Å². The molecular weight excluding hydrogens is 538 g/mol. The summed E-state index contributed by atoms with van der Waals surface area (Å²) >= 11 is 4.51. The molecular formula is C29H22BrNO4S. The van der Waals surface area contributed by atoms with Gasteiger partial charge in [0, 0.05) is 0 Å². The second-order valence-corrected chi connectivity index (χ2v) is 10.1. The van der Waals surface area contributed by atoms with E-state index in [-0.39, 0.29) is 17.7 Å². The van der Waals surface area contributed by atoms with Crippen LogP contribution in [0.2, 0.25) is 0 Å². The Hall–Kier alpha value is -3.55. The van der Waals surface area contributed by atoms with Crippen LogP contribution in [0.1, 0.15) is 16.7 Å². The second-order valence-electron chi connectivity index (χ2n) is 8.21. The van der Waals surface area contributed by atoms with Crippen LogP contribution in [0.15, 0.2) is 94.3 Å². The summed E-state index contributed by atoms with van der Waals surface area (Å²) in [6.07, 6.45) is 1.71. The number of amides is 2. The molecule has 0 bridgehead atoms. The van der Waals surface area contributed by atoms with Crippen molar-refractivity contribution in [3.05, 3.63) is 111 Å². The van der Waals surface area contributed by atoms with E-state index in [1.807, 2.05) is 78.9 Å². The van der Waals surface area contributed by atoms with Gasteiger partial charge >= 0.3 is 0 Å². The first-order valence-corrected chi connectivity index (χ1v) is 12.9. The van der Waals surface area contributed by atoms with Crippen molar-refractivity contribution in [3.8, 4) is 11.5 Å². The molecule has 1 aliphatic heterocycles. The number of thioether (sulfide) groups is 1. The van der Waals surface area contributed by atoms with Gasteiger partial charge in [0.2, 0.25) is 0 Å². The number of carbonyl (C=O) groups is 2. The minimum Gasteiger partial charge on any atom is -0.493 e. The van der Waals surface area contributed by atoms with Gasteiger partial charge in [-0.2, -0.15) is 0 Å². The van der Waals surface area contributed by atoms with Gasteiger partial charge in [-0.3, -0.25) is 14.5 Å². The Balaban J connectivity index is 1.37. The van der Waals surface area contributed by atoms with Gasteiger partial charge in [0.05, 0.1) is 23.0 Å². The average molecular weight is 560 g/mol. The fourth-order valence-corrected chi connectivity index (χ4v) is 5.49. The van der Waals surface area contributed by atoms with Gasteiger partial charge in [-0.25, -0.2) is 0 Å². The third kappa shape index (κ3) is 5.03. The summed E-state index contributed by atoms with van der Waals surface area (Å²) < 4.78 is 12.2. The average Bonchev–Trinajstić information content (AvgIpc) is 3.15. The van der Waals surface area contributed by atoms with Crippen molar-refractivity contribution in [2.45, 2.75) is 13.2 Å². The van der Waals surface area contributed by atoms with Crippen LogP contribution in [0, 0.1) is 0 Å². The van der Waals surface area contributed by atoms with Crippen molar-refractivity contribution in [3.63, 3.8) is 0 Å². The number of hydrogen-bond acceptors (Lipinski definition) is 5. The minimum absolute atomic E-state index is 0.225. The molecule has 1 fully saturated rings. The lowest BCUT2D eigenvalue weighted by atomic mass is 10.0. The van der Waals surface area contributed by atoms with Gasteiger partial charge in [0.1, 0.15) is 6.61 Å². The maximum absolute atomic E-state index is 13.2. The number of ether oxygens (including phenoxy) is 2. The van der Waals surface area contributed by atoms with Crippen molar-refractivity contribution < 1.29 is 19.1 Å². The van der Waals surface area contributed by atoms with Crippen LogP contribution in [-0.4, -0.2) is 23.2 Å². The van der Waals surface area contributed by atoms with E-state index in [0.29, 0.717) is 27.5 Å². The van der Waals surface area contributed by atoms with Crippen molar-refractivity contribution in [1.82, 2.24) is 4.90 Å². The SMILES string of the molecule is COc1cc(/C=C2/SC(=O)N(Cc3cccc4ccccc34)C2=O)cc(Br)c1OCc1ccccc1. The molecule has 4 aromatic rings. The summed E-state index contributed by atoms with van der Waals surface area (Å²) in [7, 11) is 1.57. The molecule has 0 spiro atoms. The van der Waals surface area contributed by atoms with E-state index in [0.717, 1.165) is 39.2 Å². The van der Waals surface area contributed by atoms with Crippen LogP contribution in [0.3, 0.4) is 0 Å². The van der Waals surface area contributed by atoms with E-state index in [4.69, 9.17) is 9.47 Å². The molecule has 0 aromatic heterocycles. The molecule has 0 unspecified atom stereocenters. The number of nitrogens with zero attached hydrogens (tertiary/aromatic N) is 1. The van der Waals surface area contributed by atoms with Crippen molar-refractivity contribution in [2.75, 3.05) is 7.11 Å². The summed E-state index contributed by atoms with van der Waals surface area (Å²) in [6, 6.07) is 27.4. The molecule has 5 rings (SSSR count). The number of fused-ring (bicyclic) bond motifs is 1. The van der Waals surface area contributed by atoms with Crippen molar-refractivity contribution >= 4 is 55.7 Å². The fourth-order valence-electron chi connectivity index (χ4n) is 4.08. The lowest BCUT2D eigenvalue weighted by Gasteiger charge is -2.15. The molecule has 2 amide bonds. The smallest absolute Gasteiger partial charge is 0.293 e. The number of methoxy groups -OCH3 is 1. The molecule has 36 heavy (non-hydrogen) atoms.